The van der Waals surface area contributed by atoms with Gasteiger partial charge < -0.3 is 36.6 Å². The molecule has 0 spiro atoms. The number of nitrogens with two attached hydrogens (primary N) is 1. The van der Waals surface area contributed by atoms with Crippen LogP contribution >= 0.6 is 0 Å². The Morgan fingerprint density at radius 2 is 1.77 bits per heavy atom. The van der Waals surface area contributed by atoms with Gasteiger partial charge in [-0.05, 0) is 31.7 Å². The smallest absolute Gasteiger partial charge is 0.475 e. The number of guanidine groups is 1. The molecule has 1 heterocycles. The number of benzene rings is 1. The summed E-state index contributed by atoms with van der Waals surface area (Å²) in [5.41, 5.74) is 6.24. The number of aliphatic hydroxyl groups is 2. The Kier molecular flexibility index (Phi) is 13.3. The zero-order chi connectivity index (χ0) is 30.7. The van der Waals surface area contributed by atoms with E-state index in [0.29, 0.717) is 19.4 Å². The van der Waals surface area contributed by atoms with Crippen LogP contribution in [-0.2, 0) is 30.8 Å². The molecule has 0 aliphatic carbocycles. The van der Waals surface area contributed by atoms with Crippen LogP contribution in [0.25, 0.3) is 0 Å². The average Bonchev–Trinajstić information content (AvgIpc) is 2.87. The fourth-order valence-electron chi connectivity index (χ4n) is 3.42. The topological polar surface area (TPSA) is 235 Å². The molecule has 2 amide bonds. The van der Waals surface area contributed by atoms with Crippen LogP contribution in [0.2, 0.25) is 0 Å². The van der Waals surface area contributed by atoms with Gasteiger partial charge in [0.2, 0.25) is 21.8 Å². The van der Waals surface area contributed by atoms with Crippen molar-refractivity contribution in [3.05, 3.63) is 35.9 Å². The average molecular weight is 599 g/mol. The number of carbonyl (C=O) groups is 3. The number of rotatable bonds is 10. The summed E-state index contributed by atoms with van der Waals surface area (Å²) in [5, 5.41) is 39.4. The normalized spacial score (nSPS) is 18.9. The van der Waals surface area contributed by atoms with E-state index in [0.717, 1.165) is 5.56 Å². The highest BCUT2D eigenvalue weighted by Gasteiger charge is 2.38. The lowest BCUT2D eigenvalue weighted by atomic mass is 10.0. The first-order valence-electron chi connectivity index (χ1n) is 11.8. The molecule has 1 aliphatic rings. The number of carboxylic acid groups (broad SMARTS) is 1. The van der Waals surface area contributed by atoms with Gasteiger partial charge in [-0.15, -0.1) is 0 Å². The van der Waals surface area contributed by atoms with Gasteiger partial charge in [0.25, 0.3) is 0 Å². The monoisotopic (exact) mass is 598 g/mol. The zero-order valence-electron chi connectivity index (χ0n) is 21.4. The molecule has 1 unspecified atom stereocenters. The number of nitrogens with zero attached hydrogens (tertiary/aromatic N) is 1. The van der Waals surface area contributed by atoms with E-state index in [4.69, 9.17) is 21.0 Å². The molecule has 1 aliphatic heterocycles. The van der Waals surface area contributed by atoms with Gasteiger partial charge in [0, 0.05) is 6.54 Å². The first-order valence-corrected chi connectivity index (χ1v) is 13.5. The van der Waals surface area contributed by atoms with Crippen LogP contribution < -0.4 is 21.1 Å². The molecule has 1 fully saturated rings. The van der Waals surface area contributed by atoms with E-state index >= 15 is 0 Å². The predicted octanol–water partition coefficient (Wildman–Crippen LogP) is -1.56. The third kappa shape index (κ3) is 11.7. The molecule has 226 valence electrons. The van der Waals surface area contributed by atoms with Crippen LogP contribution in [0.3, 0.4) is 0 Å². The number of piperidine rings is 1. The van der Waals surface area contributed by atoms with Crippen molar-refractivity contribution in [2.75, 3.05) is 18.9 Å². The number of hydrogen-bond donors (Lipinski definition) is 8. The summed E-state index contributed by atoms with van der Waals surface area (Å²) in [4.78, 5) is 35.1. The minimum atomic E-state index is -5.08. The molecule has 0 radical (unpaired) electrons. The van der Waals surface area contributed by atoms with Crippen molar-refractivity contribution in [1.29, 1.82) is 5.41 Å². The van der Waals surface area contributed by atoms with E-state index in [2.05, 4.69) is 15.4 Å². The molecule has 0 aromatic heterocycles. The minimum Gasteiger partial charge on any atom is -0.475 e. The summed E-state index contributed by atoms with van der Waals surface area (Å²) >= 11 is 0. The highest BCUT2D eigenvalue weighted by molar-refractivity contribution is 7.89. The molecular weight excluding hydrogens is 565 g/mol. The fraction of sp³-hybridized carbons (Fsp3) is 0.545. The second kappa shape index (κ2) is 15.3. The van der Waals surface area contributed by atoms with Crippen LogP contribution in [0.5, 0.6) is 0 Å². The number of hydrogen-bond acceptors (Lipinski definition) is 8. The van der Waals surface area contributed by atoms with Crippen molar-refractivity contribution in [3.8, 4) is 0 Å². The van der Waals surface area contributed by atoms with Crippen LogP contribution in [0.4, 0.5) is 13.2 Å². The second-order valence-electron chi connectivity index (χ2n) is 8.69. The molecule has 1 saturated heterocycles. The Labute approximate surface area is 228 Å². The first-order chi connectivity index (χ1) is 18.5. The number of alkyl halides is 3. The predicted molar refractivity (Wildman–Crippen MR) is 135 cm³/mol. The molecule has 0 saturated carbocycles. The number of aliphatic carboxylic acids is 1. The van der Waals surface area contributed by atoms with E-state index in [1.54, 1.807) is 24.3 Å². The lowest BCUT2D eigenvalue weighted by Gasteiger charge is -2.38. The van der Waals surface area contributed by atoms with E-state index in [1.165, 1.54) is 11.8 Å². The van der Waals surface area contributed by atoms with E-state index in [1.807, 2.05) is 6.07 Å². The van der Waals surface area contributed by atoms with Crippen molar-refractivity contribution in [1.82, 2.24) is 20.3 Å². The quantitative estimate of drug-likeness (QED) is 0.114. The molecule has 1 aromatic carbocycles. The summed E-state index contributed by atoms with van der Waals surface area (Å²) in [5.74, 6) is -4.82. The molecule has 2 rings (SSSR count). The van der Waals surface area contributed by atoms with E-state index in [9.17, 15) is 41.4 Å². The van der Waals surface area contributed by atoms with Gasteiger partial charge >= 0.3 is 12.1 Å². The maximum Gasteiger partial charge on any atom is 0.490 e. The highest BCUT2D eigenvalue weighted by atomic mass is 32.2. The zero-order valence-corrected chi connectivity index (χ0v) is 22.2. The van der Waals surface area contributed by atoms with Gasteiger partial charge in [-0.1, -0.05) is 30.3 Å². The third-order valence-corrected chi connectivity index (χ3v) is 6.93. The van der Waals surface area contributed by atoms with Crippen molar-refractivity contribution in [3.63, 3.8) is 0 Å². The minimum absolute atomic E-state index is 0.232. The number of aryl methyl sites for hydroxylation is 1. The number of sulfonamides is 1. The van der Waals surface area contributed by atoms with Gasteiger partial charge in [-0.3, -0.25) is 15.0 Å². The fourth-order valence-corrected chi connectivity index (χ4v) is 4.66. The molecule has 40 heavy (non-hydrogen) atoms. The van der Waals surface area contributed by atoms with Crippen LogP contribution in [0.15, 0.2) is 30.3 Å². The molecule has 9 N–H and O–H groups in total. The number of carbonyl (C=O) groups excluding carboxylic acids is 2. The number of carboxylic acids is 1. The SMILES string of the molecule is C[C@H](NC(=O)[C@@H](CO)NS(=O)(=O)CCc1ccccc1)C(=O)N[C@H]1CCCN(C(=N)N)C1O.O=C(O)C(F)(F)F. The Hall–Kier alpha value is -3.48. The van der Waals surface area contributed by atoms with Crippen molar-refractivity contribution in [2.45, 2.75) is 56.7 Å². The van der Waals surface area contributed by atoms with Gasteiger partial charge in [0.1, 0.15) is 18.3 Å². The number of halogens is 3. The summed E-state index contributed by atoms with van der Waals surface area (Å²) in [7, 11) is -3.88. The molecule has 14 nitrogen and oxygen atoms in total. The Morgan fingerprint density at radius 1 is 1.20 bits per heavy atom. The lowest BCUT2D eigenvalue weighted by Crippen LogP contribution is -2.61. The van der Waals surface area contributed by atoms with Crippen LogP contribution in [0.1, 0.15) is 25.3 Å². The summed E-state index contributed by atoms with van der Waals surface area (Å²) < 4.78 is 58.6. The third-order valence-electron chi connectivity index (χ3n) is 5.55. The highest BCUT2D eigenvalue weighted by Crippen LogP contribution is 2.15. The summed E-state index contributed by atoms with van der Waals surface area (Å²) in [6.07, 6.45) is -4.97. The largest absolute Gasteiger partial charge is 0.490 e. The molecule has 0 bridgehead atoms. The molecular formula is C22H33F3N6O8S. The van der Waals surface area contributed by atoms with Gasteiger partial charge in [-0.25, -0.2) is 17.9 Å². The molecule has 1 aromatic rings. The second-order valence-corrected chi connectivity index (χ2v) is 10.6. The maximum atomic E-state index is 12.5. The van der Waals surface area contributed by atoms with Crippen LogP contribution in [-0.4, -0.2) is 102 Å². The van der Waals surface area contributed by atoms with Crippen molar-refractivity contribution in [2.24, 2.45) is 5.73 Å². The standard InChI is InChI=1S/C20H32N6O6S.C2HF3O2/c1-13(17(28)24-15-8-5-10-26(19(15)30)20(21)22)23-18(29)16(12-27)25-33(31,32)11-9-14-6-3-2-4-7-14;3-2(4,5)1(6)7/h2-4,6-7,13,15-16,19,25,27,30H,5,8-12H2,1H3,(H3,21,22)(H,23,29)(H,24,28);(H,6,7)/t13-,15-,16+,19?;/m0./s1. The number of nitrogens with one attached hydrogen (secondary N) is 4. The van der Waals surface area contributed by atoms with E-state index in [-0.39, 0.29) is 18.1 Å². The molecule has 18 heteroatoms. The summed E-state index contributed by atoms with van der Waals surface area (Å²) in [6, 6.07) is 5.73. The summed E-state index contributed by atoms with van der Waals surface area (Å²) in [6.45, 7) is 0.987. The van der Waals surface area contributed by atoms with E-state index < -0.39 is 64.9 Å². The maximum absolute atomic E-state index is 12.5. The van der Waals surface area contributed by atoms with Crippen molar-refractivity contribution < 1.29 is 51.3 Å². The van der Waals surface area contributed by atoms with Gasteiger partial charge in [-0.2, -0.15) is 13.2 Å². The Balaban J connectivity index is 0.00000101. The van der Waals surface area contributed by atoms with Crippen LogP contribution in [0, 0.1) is 5.41 Å². The van der Waals surface area contributed by atoms with Gasteiger partial charge in [0.15, 0.2) is 5.96 Å². The molecule has 4 atom stereocenters. The number of amides is 2. The number of likely N-dealkylation sites (tertiary alicyclic amines) is 1. The Bertz CT molecular complexity index is 1120. The Morgan fingerprint density at radius 3 is 2.27 bits per heavy atom. The lowest BCUT2D eigenvalue weighted by molar-refractivity contribution is -0.192. The number of aliphatic hydroxyl groups excluding tert-OH is 2. The van der Waals surface area contributed by atoms with Crippen molar-refractivity contribution >= 4 is 33.8 Å². The van der Waals surface area contributed by atoms with Gasteiger partial charge in [0.05, 0.1) is 18.4 Å². The first kappa shape index (κ1) is 34.5.